The summed E-state index contributed by atoms with van der Waals surface area (Å²) in [6.07, 6.45) is -0.0935. The molecule has 0 spiro atoms. The number of aliphatic imine (C=N–C) groups is 1. The molecule has 2 aromatic carbocycles. The second kappa shape index (κ2) is 5.16. The van der Waals surface area contributed by atoms with Crippen LogP contribution in [0.4, 0.5) is 0 Å². The van der Waals surface area contributed by atoms with Crippen molar-refractivity contribution in [2.75, 3.05) is 6.54 Å². The Morgan fingerprint density at radius 3 is 2.65 bits per heavy atom. The third kappa shape index (κ3) is 2.18. The molecular formula is C19H18N2O2. The van der Waals surface area contributed by atoms with Crippen LogP contribution in [0.5, 0.6) is 5.88 Å². The highest BCUT2D eigenvalue weighted by Crippen LogP contribution is 2.35. The van der Waals surface area contributed by atoms with E-state index in [1.165, 1.54) is 5.56 Å². The molecule has 0 aliphatic carbocycles. The fraction of sp³-hybridized carbons (Fsp3) is 0.211. The van der Waals surface area contributed by atoms with Gasteiger partial charge in [-0.2, -0.15) is 0 Å². The number of nitrogens with zero attached hydrogens (tertiary/aromatic N) is 2. The van der Waals surface area contributed by atoms with Gasteiger partial charge in [0.1, 0.15) is 11.7 Å². The highest BCUT2D eigenvalue weighted by Gasteiger charge is 2.28. The van der Waals surface area contributed by atoms with Gasteiger partial charge < -0.3 is 14.4 Å². The van der Waals surface area contributed by atoms with Crippen molar-refractivity contribution in [3.63, 3.8) is 0 Å². The van der Waals surface area contributed by atoms with Gasteiger partial charge in [0, 0.05) is 12.4 Å². The number of fused-ring (bicyclic) bond motifs is 1. The van der Waals surface area contributed by atoms with Crippen LogP contribution in [0, 0.1) is 6.92 Å². The molecule has 0 saturated carbocycles. The first-order chi connectivity index (χ1) is 11.1. The largest absolute Gasteiger partial charge is 0.494 e. The molecule has 1 unspecified atom stereocenters. The maximum absolute atomic E-state index is 10.5. The number of aryl methyl sites for hydroxylation is 2. The zero-order valence-electron chi connectivity index (χ0n) is 13.2. The lowest BCUT2D eigenvalue weighted by Gasteiger charge is -2.12. The number of rotatable bonds is 2. The number of para-hydroxylation sites is 1. The summed E-state index contributed by atoms with van der Waals surface area (Å²) in [5.74, 6) is 0.708. The molecule has 0 bridgehead atoms. The second-order valence-electron chi connectivity index (χ2n) is 5.94. The summed E-state index contributed by atoms with van der Waals surface area (Å²) in [7, 11) is 1.84. The predicted octanol–water partition coefficient (Wildman–Crippen LogP) is 3.71. The molecule has 4 rings (SSSR count). The van der Waals surface area contributed by atoms with Gasteiger partial charge in [-0.3, -0.25) is 0 Å². The van der Waals surface area contributed by atoms with Gasteiger partial charge in [-0.25, -0.2) is 4.99 Å². The summed E-state index contributed by atoms with van der Waals surface area (Å²) < 4.78 is 7.81. The molecule has 1 aromatic heterocycles. The summed E-state index contributed by atoms with van der Waals surface area (Å²) in [6, 6.07) is 16.2. The Kier molecular flexibility index (Phi) is 3.11. The van der Waals surface area contributed by atoms with Crippen LogP contribution in [-0.2, 0) is 11.8 Å². The van der Waals surface area contributed by atoms with E-state index in [0.29, 0.717) is 18.0 Å². The minimum absolute atomic E-state index is 0.0935. The number of benzene rings is 2. The van der Waals surface area contributed by atoms with Gasteiger partial charge in [-0.15, -0.1) is 0 Å². The smallest absolute Gasteiger partial charge is 0.223 e. The van der Waals surface area contributed by atoms with Crippen molar-refractivity contribution in [1.29, 1.82) is 0 Å². The topological polar surface area (TPSA) is 46.8 Å². The van der Waals surface area contributed by atoms with Crippen LogP contribution in [0.1, 0.15) is 22.8 Å². The molecule has 0 radical (unpaired) electrons. The number of aromatic nitrogens is 1. The quantitative estimate of drug-likeness (QED) is 0.784. The Morgan fingerprint density at radius 1 is 1.13 bits per heavy atom. The summed E-state index contributed by atoms with van der Waals surface area (Å²) in [5.41, 5.74) is 3.97. The van der Waals surface area contributed by atoms with Gasteiger partial charge in [0.2, 0.25) is 11.8 Å². The van der Waals surface area contributed by atoms with Gasteiger partial charge in [0.25, 0.3) is 0 Å². The maximum atomic E-state index is 10.5. The zero-order chi connectivity index (χ0) is 16.0. The van der Waals surface area contributed by atoms with E-state index in [0.717, 1.165) is 16.5 Å². The predicted molar refractivity (Wildman–Crippen MR) is 91.0 cm³/mol. The van der Waals surface area contributed by atoms with Crippen LogP contribution in [0.2, 0.25) is 0 Å². The van der Waals surface area contributed by atoms with Crippen molar-refractivity contribution in [2.45, 2.75) is 13.0 Å². The first kappa shape index (κ1) is 13.9. The fourth-order valence-corrected chi connectivity index (χ4v) is 3.06. The van der Waals surface area contributed by atoms with Crippen LogP contribution in [0.25, 0.3) is 10.9 Å². The van der Waals surface area contributed by atoms with E-state index in [1.807, 2.05) is 31.3 Å². The molecule has 0 fully saturated rings. The Labute approximate surface area is 134 Å². The lowest BCUT2D eigenvalue weighted by atomic mass is 10.1. The average molecular weight is 306 g/mol. The molecule has 4 nitrogen and oxygen atoms in total. The monoisotopic (exact) mass is 306 g/mol. The van der Waals surface area contributed by atoms with Crippen molar-refractivity contribution >= 4 is 16.8 Å². The molecular weight excluding hydrogens is 288 g/mol. The van der Waals surface area contributed by atoms with Crippen molar-refractivity contribution in [2.24, 2.45) is 12.0 Å². The zero-order valence-corrected chi connectivity index (χ0v) is 13.2. The summed E-state index contributed by atoms with van der Waals surface area (Å²) in [5, 5.41) is 11.4. The lowest BCUT2D eigenvalue weighted by Crippen LogP contribution is -2.06. The minimum Gasteiger partial charge on any atom is -0.494 e. The molecule has 23 heavy (non-hydrogen) atoms. The molecule has 2 heterocycles. The van der Waals surface area contributed by atoms with Crippen molar-refractivity contribution < 1.29 is 9.84 Å². The van der Waals surface area contributed by atoms with Gasteiger partial charge in [0.05, 0.1) is 12.1 Å². The van der Waals surface area contributed by atoms with Crippen molar-refractivity contribution in [1.82, 2.24) is 4.57 Å². The molecule has 1 aliphatic rings. The molecule has 4 heteroatoms. The molecule has 0 saturated heterocycles. The van der Waals surface area contributed by atoms with Crippen molar-refractivity contribution in [3.05, 3.63) is 65.2 Å². The normalized spacial score (nSPS) is 17.3. The highest BCUT2D eigenvalue weighted by molar-refractivity contribution is 6.10. The maximum Gasteiger partial charge on any atom is 0.223 e. The highest BCUT2D eigenvalue weighted by atomic mass is 16.5. The van der Waals surface area contributed by atoms with E-state index in [2.05, 4.69) is 36.2 Å². The van der Waals surface area contributed by atoms with E-state index in [4.69, 9.17) is 4.74 Å². The molecule has 1 atom stereocenters. The SMILES string of the molecule is Cc1ccc(C2CN=C(c3c(O)n(C)c4ccccc34)O2)cc1. The Bertz CT molecular complexity index is 907. The van der Waals surface area contributed by atoms with Gasteiger partial charge in [-0.1, -0.05) is 48.0 Å². The van der Waals surface area contributed by atoms with Gasteiger partial charge in [0.15, 0.2) is 0 Å². The molecule has 3 aromatic rings. The standard InChI is InChI=1S/C19H18N2O2/c1-12-7-9-13(10-8-12)16-11-20-18(23-16)17-14-5-3-4-6-15(14)21(2)19(17)22/h3-10,16,22H,11H2,1-2H3. The van der Waals surface area contributed by atoms with Crippen LogP contribution in [0.3, 0.4) is 0 Å². The van der Waals surface area contributed by atoms with Crippen LogP contribution in [-0.4, -0.2) is 22.1 Å². The van der Waals surface area contributed by atoms with Gasteiger partial charge >= 0.3 is 0 Å². The van der Waals surface area contributed by atoms with Crippen LogP contribution < -0.4 is 0 Å². The molecule has 1 N–H and O–H groups in total. The number of aromatic hydroxyl groups is 1. The molecule has 0 amide bonds. The van der Waals surface area contributed by atoms with E-state index >= 15 is 0 Å². The Hall–Kier alpha value is -2.75. The minimum atomic E-state index is -0.0935. The van der Waals surface area contributed by atoms with Crippen LogP contribution >= 0.6 is 0 Å². The van der Waals surface area contributed by atoms with E-state index in [9.17, 15) is 5.11 Å². The summed E-state index contributed by atoms with van der Waals surface area (Å²) in [6.45, 7) is 2.64. The first-order valence-electron chi connectivity index (χ1n) is 7.69. The second-order valence-corrected chi connectivity index (χ2v) is 5.94. The van der Waals surface area contributed by atoms with E-state index < -0.39 is 0 Å². The van der Waals surface area contributed by atoms with Gasteiger partial charge in [-0.05, 0) is 18.6 Å². The molecule has 1 aliphatic heterocycles. The fourth-order valence-electron chi connectivity index (χ4n) is 3.06. The summed E-state index contributed by atoms with van der Waals surface area (Å²) >= 11 is 0. The molecule has 116 valence electrons. The van der Waals surface area contributed by atoms with E-state index in [1.54, 1.807) is 4.57 Å². The third-order valence-corrected chi connectivity index (χ3v) is 4.39. The van der Waals surface area contributed by atoms with Crippen LogP contribution in [0.15, 0.2) is 53.5 Å². The Balaban J connectivity index is 1.71. The number of hydrogen-bond acceptors (Lipinski definition) is 3. The third-order valence-electron chi connectivity index (χ3n) is 4.39. The number of hydrogen-bond donors (Lipinski definition) is 1. The average Bonchev–Trinajstić information content (AvgIpc) is 3.13. The first-order valence-corrected chi connectivity index (χ1v) is 7.69. The Morgan fingerprint density at radius 2 is 1.87 bits per heavy atom. The lowest BCUT2D eigenvalue weighted by molar-refractivity contribution is 0.230. The van der Waals surface area contributed by atoms with Crippen molar-refractivity contribution in [3.8, 4) is 5.88 Å². The van der Waals surface area contributed by atoms with E-state index in [-0.39, 0.29) is 12.0 Å². The number of ether oxygens (including phenoxy) is 1. The summed E-state index contributed by atoms with van der Waals surface area (Å²) in [4.78, 5) is 4.53.